The molecule has 1 aromatic carbocycles. The highest BCUT2D eigenvalue weighted by Crippen LogP contribution is 2.17. The molecule has 0 saturated carbocycles. The average molecular weight is 240 g/mol. The number of carbonyl (C=O) groups excluding carboxylic acids is 1. The fourth-order valence-electron chi connectivity index (χ4n) is 1.49. The molecule has 1 heterocycles. The molecular weight excluding hydrogens is 227 g/mol. The third-order valence-corrected chi connectivity index (χ3v) is 2.36. The number of carbonyl (C=O) groups is 1. The Bertz CT molecular complexity index is 419. The highest BCUT2D eigenvalue weighted by molar-refractivity contribution is 5.94. The number of nitrogens with two attached hydrogens (primary N) is 1. The number of benzene rings is 1. The topological polar surface area (TPSA) is 73.6 Å². The Hall–Kier alpha value is -1.66. The molecule has 0 aromatic heterocycles. The SMILES string of the molecule is Nc1ccc(NC(=O)C2COCCO2)c(F)c1. The number of nitrogen functional groups attached to an aromatic ring is 1. The van der Waals surface area contributed by atoms with Gasteiger partial charge in [-0.1, -0.05) is 0 Å². The van der Waals surface area contributed by atoms with Gasteiger partial charge in [-0.2, -0.15) is 0 Å². The Morgan fingerprint density at radius 3 is 2.94 bits per heavy atom. The minimum atomic E-state index is -0.694. The van der Waals surface area contributed by atoms with Crippen molar-refractivity contribution in [2.24, 2.45) is 0 Å². The summed E-state index contributed by atoms with van der Waals surface area (Å²) in [5.41, 5.74) is 5.79. The van der Waals surface area contributed by atoms with E-state index in [1.165, 1.54) is 12.1 Å². The molecule has 0 aliphatic carbocycles. The largest absolute Gasteiger partial charge is 0.399 e. The molecule has 0 spiro atoms. The lowest BCUT2D eigenvalue weighted by Gasteiger charge is -2.22. The molecule has 2 rings (SSSR count). The predicted octanol–water partition coefficient (Wildman–Crippen LogP) is 0.762. The summed E-state index contributed by atoms with van der Waals surface area (Å²) in [4.78, 5) is 11.7. The maximum absolute atomic E-state index is 13.4. The smallest absolute Gasteiger partial charge is 0.255 e. The molecule has 6 heteroatoms. The van der Waals surface area contributed by atoms with Crippen molar-refractivity contribution in [1.29, 1.82) is 0 Å². The van der Waals surface area contributed by atoms with Crippen LogP contribution in [0.15, 0.2) is 18.2 Å². The van der Waals surface area contributed by atoms with Crippen molar-refractivity contribution in [3.63, 3.8) is 0 Å². The molecular formula is C11H13FN2O3. The summed E-state index contributed by atoms with van der Waals surface area (Å²) < 4.78 is 23.7. The van der Waals surface area contributed by atoms with Crippen molar-refractivity contribution in [3.05, 3.63) is 24.0 Å². The van der Waals surface area contributed by atoms with E-state index < -0.39 is 17.8 Å². The van der Waals surface area contributed by atoms with Gasteiger partial charge < -0.3 is 20.5 Å². The van der Waals surface area contributed by atoms with E-state index in [0.29, 0.717) is 18.9 Å². The Kier molecular flexibility index (Phi) is 3.55. The number of halogens is 1. The van der Waals surface area contributed by atoms with Crippen molar-refractivity contribution in [3.8, 4) is 0 Å². The molecule has 5 nitrogen and oxygen atoms in total. The maximum atomic E-state index is 13.4. The van der Waals surface area contributed by atoms with Gasteiger partial charge in [-0.3, -0.25) is 4.79 Å². The molecule has 1 atom stereocenters. The third kappa shape index (κ3) is 2.92. The van der Waals surface area contributed by atoms with Crippen molar-refractivity contribution in [2.75, 3.05) is 30.9 Å². The van der Waals surface area contributed by atoms with Crippen LogP contribution in [0.25, 0.3) is 0 Å². The van der Waals surface area contributed by atoms with Gasteiger partial charge in [0.15, 0.2) is 6.10 Å². The lowest BCUT2D eigenvalue weighted by atomic mass is 10.2. The quantitative estimate of drug-likeness (QED) is 0.748. The van der Waals surface area contributed by atoms with Crippen LogP contribution in [0.3, 0.4) is 0 Å². The molecule has 1 aliphatic heterocycles. The first-order chi connectivity index (χ1) is 8.16. The molecule has 17 heavy (non-hydrogen) atoms. The third-order valence-electron chi connectivity index (χ3n) is 2.36. The average Bonchev–Trinajstić information content (AvgIpc) is 2.34. The number of amides is 1. The van der Waals surface area contributed by atoms with Crippen molar-refractivity contribution < 1.29 is 18.7 Å². The molecule has 1 amide bonds. The van der Waals surface area contributed by atoms with Gasteiger partial charge in [0.1, 0.15) is 5.82 Å². The van der Waals surface area contributed by atoms with Gasteiger partial charge in [0.25, 0.3) is 5.91 Å². The van der Waals surface area contributed by atoms with Crippen LogP contribution < -0.4 is 11.1 Å². The number of anilines is 2. The van der Waals surface area contributed by atoms with Gasteiger partial charge in [0.2, 0.25) is 0 Å². The summed E-state index contributed by atoms with van der Waals surface area (Å²) in [6, 6.07) is 4.07. The predicted molar refractivity (Wildman–Crippen MR) is 60.0 cm³/mol. The number of hydrogen-bond donors (Lipinski definition) is 2. The van der Waals surface area contributed by atoms with Crippen LogP contribution in [0.5, 0.6) is 0 Å². The van der Waals surface area contributed by atoms with Crippen LogP contribution in [-0.4, -0.2) is 31.8 Å². The first-order valence-corrected chi connectivity index (χ1v) is 5.22. The molecule has 1 unspecified atom stereocenters. The maximum Gasteiger partial charge on any atom is 0.255 e. The second kappa shape index (κ2) is 5.11. The van der Waals surface area contributed by atoms with E-state index in [1.54, 1.807) is 0 Å². The molecule has 1 fully saturated rings. The van der Waals surface area contributed by atoms with Gasteiger partial charge in [0.05, 0.1) is 25.5 Å². The molecule has 1 aliphatic rings. The van der Waals surface area contributed by atoms with Crippen LogP contribution in [0, 0.1) is 5.82 Å². The highest BCUT2D eigenvalue weighted by Gasteiger charge is 2.23. The summed E-state index contributed by atoms with van der Waals surface area (Å²) in [6.45, 7) is 1.02. The normalized spacial score (nSPS) is 19.9. The van der Waals surface area contributed by atoms with Crippen LogP contribution in [0.4, 0.5) is 15.8 Å². The Morgan fingerprint density at radius 2 is 2.29 bits per heavy atom. The van der Waals surface area contributed by atoms with E-state index in [4.69, 9.17) is 15.2 Å². The number of ether oxygens (including phenoxy) is 2. The van der Waals surface area contributed by atoms with Crippen molar-refractivity contribution >= 4 is 17.3 Å². The summed E-state index contributed by atoms with van der Waals surface area (Å²) in [5.74, 6) is -0.997. The van der Waals surface area contributed by atoms with E-state index >= 15 is 0 Å². The molecule has 1 saturated heterocycles. The molecule has 1 aromatic rings. The minimum Gasteiger partial charge on any atom is -0.399 e. The summed E-state index contributed by atoms with van der Waals surface area (Å²) in [5, 5.41) is 2.43. The van der Waals surface area contributed by atoms with Gasteiger partial charge in [-0.05, 0) is 18.2 Å². The number of rotatable bonds is 2. The second-order valence-electron chi connectivity index (χ2n) is 3.66. The standard InChI is InChI=1S/C11H13FN2O3/c12-8-5-7(13)1-2-9(8)14-11(15)10-6-16-3-4-17-10/h1-2,5,10H,3-4,6,13H2,(H,14,15). The molecule has 0 bridgehead atoms. The van der Waals surface area contributed by atoms with E-state index in [0.717, 1.165) is 6.07 Å². The van der Waals surface area contributed by atoms with Crippen LogP contribution >= 0.6 is 0 Å². The summed E-state index contributed by atoms with van der Waals surface area (Å²) in [6.07, 6.45) is -0.694. The lowest BCUT2D eigenvalue weighted by Crippen LogP contribution is -2.39. The van der Waals surface area contributed by atoms with E-state index in [1.807, 2.05) is 0 Å². The lowest BCUT2D eigenvalue weighted by molar-refractivity contribution is -0.142. The van der Waals surface area contributed by atoms with Crippen molar-refractivity contribution in [2.45, 2.75) is 6.10 Å². The summed E-state index contributed by atoms with van der Waals surface area (Å²) >= 11 is 0. The fraction of sp³-hybridized carbons (Fsp3) is 0.364. The molecule has 92 valence electrons. The first kappa shape index (κ1) is 11.8. The zero-order valence-electron chi connectivity index (χ0n) is 9.11. The number of hydrogen-bond acceptors (Lipinski definition) is 4. The van der Waals surface area contributed by atoms with Gasteiger partial charge in [-0.25, -0.2) is 4.39 Å². The minimum absolute atomic E-state index is 0.0818. The van der Waals surface area contributed by atoms with Gasteiger partial charge in [0, 0.05) is 5.69 Å². The molecule has 3 N–H and O–H groups in total. The Labute approximate surface area is 97.7 Å². The van der Waals surface area contributed by atoms with Crippen LogP contribution in [-0.2, 0) is 14.3 Å². The zero-order valence-corrected chi connectivity index (χ0v) is 9.11. The van der Waals surface area contributed by atoms with E-state index in [-0.39, 0.29) is 12.3 Å². The van der Waals surface area contributed by atoms with Crippen molar-refractivity contribution in [1.82, 2.24) is 0 Å². The van der Waals surface area contributed by atoms with Crippen LogP contribution in [0.1, 0.15) is 0 Å². The van der Waals surface area contributed by atoms with Gasteiger partial charge in [-0.15, -0.1) is 0 Å². The van der Waals surface area contributed by atoms with E-state index in [2.05, 4.69) is 5.32 Å². The second-order valence-corrected chi connectivity index (χ2v) is 3.66. The van der Waals surface area contributed by atoms with Crippen LogP contribution in [0.2, 0.25) is 0 Å². The van der Waals surface area contributed by atoms with Gasteiger partial charge >= 0.3 is 0 Å². The van der Waals surface area contributed by atoms with E-state index in [9.17, 15) is 9.18 Å². The zero-order chi connectivity index (χ0) is 12.3. The Balaban J connectivity index is 2.02. The monoisotopic (exact) mass is 240 g/mol. The first-order valence-electron chi connectivity index (χ1n) is 5.22. The molecule has 0 radical (unpaired) electrons. The Morgan fingerprint density at radius 1 is 1.47 bits per heavy atom. The number of nitrogens with one attached hydrogen (secondary N) is 1. The fourth-order valence-corrected chi connectivity index (χ4v) is 1.49. The summed E-state index contributed by atoms with van der Waals surface area (Å²) in [7, 11) is 0. The highest BCUT2D eigenvalue weighted by atomic mass is 19.1.